The molecular weight excluding hydrogens is 288 g/mol. The van der Waals surface area contributed by atoms with Gasteiger partial charge in [0.25, 0.3) is 11.8 Å². The van der Waals surface area contributed by atoms with Gasteiger partial charge in [-0.3, -0.25) is 9.59 Å². The third kappa shape index (κ3) is 4.13. The van der Waals surface area contributed by atoms with Crippen molar-refractivity contribution in [3.63, 3.8) is 0 Å². The normalized spacial score (nSPS) is 13.6. The van der Waals surface area contributed by atoms with E-state index in [2.05, 4.69) is 17.2 Å². The zero-order chi connectivity index (χ0) is 15.1. The predicted molar refractivity (Wildman–Crippen MR) is 84.1 cm³/mol. The summed E-state index contributed by atoms with van der Waals surface area (Å²) in [6.45, 7) is 4.42. The van der Waals surface area contributed by atoms with Crippen molar-refractivity contribution in [3.05, 3.63) is 53.7 Å². The van der Waals surface area contributed by atoms with Crippen molar-refractivity contribution >= 4 is 29.3 Å². The van der Waals surface area contributed by atoms with Gasteiger partial charge in [0.05, 0.1) is 17.9 Å². The van der Waals surface area contributed by atoms with E-state index in [0.717, 1.165) is 5.75 Å². The monoisotopic (exact) mass is 304 g/mol. The van der Waals surface area contributed by atoms with Crippen molar-refractivity contribution in [3.8, 4) is 0 Å². The molecule has 0 atom stereocenters. The Balaban J connectivity index is 2.12. The Morgan fingerprint density at radius 1 is 1.33 bits per heavy atom. The quantitative estimate of drug-likeness (QED) is 0.818. The molecule has 0 spiro atoms. The van der Waals surface area contributed by atoms with Gasteiger partial charge in [-0.1, -0.05) is 18.2 Å². The van der Waals surface area contributed by atoms with E-state index in [1.165, 1.54) is 11.8 Å². The summed E-state index contributed by atoms with van der Waals surface area (Å²) in [7, 11) is 0. The largest absolute Gasteiger partial charge is 0.487 e. The lowest BCUT2D eigenvalue weighted by Gasteiger charge is -2.15. The Hall–Kier alpha value is -2.21. The van der Waals surface area contributed by atoms with E-state index in [4.69, 9.17) is 4.74 Å². The summed E-state index contributed by atoms with van der Waals surface area (Å²) < 4.78 is 5.29. The number of rotatable bonds is 5. The number of thioether (sulfide) groups is 1. The fourth-order valence-electron chi connectivity index (χ4n) is 1.72. The lowest BCUT2D eigenvalue weighted by molar-refractivity contribution is -0.116. The standard InChI is InChI=1S/C15H16N2O3S/c1-2-7-16-14(18)11-5-3-4-6-12(11)17-15(19)13-10-21-9-8-20-13/h2-6,10H,1,7-9H2,(H,16,18)(H,17,19). The second kappa shape index (κ2) is 7.54. The number of hydrogen-bond acceptors (Lipinski definition) is 4. The molecule has 1 aliphatic rings. The van der Waals surface area contributed by atoms with E-state index in [1.807, 2.05) is 0 Å². The maximum Gasteiger partial charge on any atom is 0.291 e. The van der Waals surface area contributed by atoms with E-state index in [1.54, 1.807) is 35.7 Å². The van der Waals surface area contributed by atoms with Gasteiger partial charge >= 0.3 is 0 Å². The highest BCUT2D eigenvalue weighted by Gasteiger charge is 2.17. The van der Waals surface area contributed by atoms with Crippen molar-refractivity contribution in [2.24, 2.45) is 0 Å². The summed E-state index contributed by atoms with van der Waals surface area (Å²) in [4.78, 5) is 24.1. The highest BCUT2D eigenvalue weighted by molar-refractivity contribution is 8.02. The van der Waals surface area contributed by atoms with Gasteiger partial charge in [-0.15, -0.1) is 18.3 Å². The maximum atomic E-state index is 12.1. The minimum Gasteiger partial charge on any atom is -0.487 e. The molecule has 1 aromatic rings. The molecule has 1 aliphatic heterocycles. The Labute approximate surface area is 127 Å². The first kappa shape index (κ1) is 15.2. The number of hydrogen-bond donors (Lipinski definition) is 2. The second-order valence-corrected chi connectivity index (χ2v) is 5.18. The first-order valence-electron chi connectivity index (χ1n) is 6.46. The minimum atomic E-state index is -0.355. The fraction of sp³-hybridized carbons (Fsp3) is 0.200. The lowest BCUT2D eigenvalue weighted by Crippen LogP contribution is -2.26. The Morgan fingerprint density at radius 3 is 2.86 bits per heavy atom. The molecule has 110 valence electrons. The Bertz CT molecular complexity index is 584. The average Bonchev–Trinajstić information content (AvgIpc) is 2.54. The molecule has 6 heteroatoms. The maximum absolute atomic E-state index is 12.1. The molecule has 21 heavy (non-hydrogen) atoms. The second-order valence-electron chi connectivity index (χ2n) is 4.20. The molecular formula is C15H16N2O3S. The van der Waals surface area contributed by atoms with Crippen molar-refractivity contribution in [2.45, 2.75) is 0 Å². The Morgan fingerprint density at radius 2 is 2.14 bits per heavy atom. The van der Waals surface area contributed by atoms with Gasteiger partial charge in [-0.25, -0.2) is 0 Å². The zero-order valence-corrected chi connectivity index (χ0v) is 12.2. The van der Waals surface area contributed by atoms with Crippen LogP contribution in [0.3, 0.4) is 0 Å². The molecule has 0 radical (unpaired) electrons. The molecule has 0 saturated carbocycles. The topological polar surface area (TPSA) is 67.4 Å². The number of carbonyl (C=O) groups is 2. The minimum absolute atomic E-state index is 0.265. The predicted octanol–water partition coefficient (Wildman–Crippen LogP) is 2.15. The molecule has 2 amide bonds. The van der Waals surface area contributed by atoms with E-state index < -0.39 is 0 Å². The zero-order valence-electron chi connectivity index (χ0n) is 11.4. The molecule has 1 aromatic carbocycles. The molecule has 0 unspecified atom stereocenters. The third-order valence-electron chi connectivity index (χ3n) is 2.70. The third-order valence-corrected chi connectivity index (χ3v) is 3.48. The summed E-state index contributed by atoms with van der Waals surface area (Å²) in [5.41, 5.74) is 0.848. The number of nitrogens with one attached hydrogen (secondary N) is 2. The smallest absolute Gasteiger partial charge is 0.291 e. The highest BCUT2D eigenvalue weighted by Crippen LogP contribution is 2.19. The summed E-state index contributed by atoms with van der Waals surface area (Å²) in [6.07, 6.45) is 1.59. The number of para-hydroxylation sites is 1. The van der Waals surface area contributed by atoms with Crippen LogP contribution in [-0.2, 0) is 9.53 Å². The van der Waals surface area contributed by atoms with Gasteiger partial charge in [0.15, 0.2) is 5.76 Å². The lowest BCUT2D eigenvalue weighted by atomic mass is 10.1. The Kier molecular flexibility index (Phi) is 5.45. The molecule has 0 aromatic heterocycles. The van der Waals surface area contributed by atoms with Crippen LogP contribution in [0, 0.1) is 0 Å². The number of carbonyl (C=O) groups excluding carboxylic acids is 2. The first-order chi connectivity index (χ1) is 10.2. The molecule has 1 heterocycles. The van der Waals surface area contributed by atoms with Crippen LogP contribution in [0.2, 0.25) is 0 Å². The average molecular weight is 304 g/mol. The molecule has 2 N–H and O–H groups in total. The molecule has 5 nitrogen and oxygen atoms in total. The van der Waals surface area contributed by atoms with Gasteiger partial charge in [0.1, 0.15) is 0 Å². The number of benzene rings is 1. The molecule has 0 fully saturated rings. The molecule has 2 rings (SSSR count). The fourth-order valence-corrected chi connectivity index (χ4v) is 2.35. The highest BCUT2D eigenvalue weighted by atomic mass is 32.2. The number of amides is 2. The van der Waals surface area contributed by atoms with E-state index in [-0.39, 0.29) is 17.6 Å². The van der Waals surface area contributed by atoms with Crippen LogP contribution in [0.25, 0.3) is 0 Å². The van der Waals surface area contributed by atoms with Gasteiger partial charge in [0.2, 0.25) is 0 Å². The molecule has 0 bridgehead atoms. The van der Waals surface area contributed by atoms with Crippen LogP contribution in [0.5, 0.6) is 0 Å². The van der Waals surface area contributed by atoms with Crippen LogP contribution >= 0.6 is 11.8 Å². The first-order valence-corrected chi connectivity index (χ1v) is 7.51. The summed E-state index contributed by atoms with van der Waals surface area (Å²) in [5, 5.41) is 7.07. The van der Waals surface area contributed by atoms with E-state index in [9.17, 15) is 9.59 Å². The van der Waals surface area contributed by atoms with Gasteiger partial charge in [0, 0.05) is 17.7 Å². The van der Waals surface area contributed by atoms with Crippen LogP contribution in [-0.4, -0.2) is 30.7 Å². The summed E-state index contributed by atoms with van der Waals surface area (Å²) >= 11 is 1.53. The molecule has 0 saturated heterocycles. The van der Waals surface area contributed by atoms with Gasteiger partial charge in [-0.05, 0) is 12.1 Å². The van der Waals surface area contributed by atoms with Crippen molar-refractivity contribution < 1.29 is 14.3 Å². The SMILES string of the molecule is C=CCNC(=O)c1ccccc1NC(=O)C1=CSCCO1. The van der Waals surface area contributed by atoms with Crippen molar-refractivity contribution in [1.29, 1.82) is 0 Å². The van der Waals surface area contributed by atoms with E-state index in [0.29, 0.717) is 24.4 Å². The van der Waals surface area contributed by atoms with Crippen LogP contribution in [0.1, 0.15) is 10.4 Å². The number of anilines is 1. The van der Waals surface area contributed by atoms with E-state index >= 15 is 0 Å². The van der Waals surface area contributed by atoms with Crippen LogP contribution in [0.4, 0.5) is 5.69 Å². The van der Waals surface area contributed by atoms with Crippen LogP contribution < -0.4 is 10.6 Å². The van der Waals surface area contributed by atoms with Gasteiger partial charge < -0.3 is 15.4 Å². The number of ether oxygens (including phenoxy) is 1. The summed E-state index contributed by atoms with van der Waals surface area (Å²) in [6, 6.07) is 6.83. The molecule has 0 aliphatic carbocycles. The van der Waals surface area contributed by atoms with Crippen molar-refractivity contribution in [2.75, 3.05) is 24.2 Å². The van der Waals surface area contributed by atoms with Gasteiger partial charge in [-0.2, -0.15) is 0 Å². The van der Waals surface area contributed by atoms with Crippen LogP contribution in [0.15, 0.2) is 48.1 Å². The summed E-state index contributed by atoms with van der Waals surface area (Å²) in [5.74, 6) is 0.481. The van der Waals surface area contributed by atoms with Crippen molar-refractivity contribution in [1.82, 2.24) is 5.32 Å².